The minimum absolute atomic E-state index is 0.223. The van der Waals surface area contributed by atoms with E-state index >= 15 is 0 Å². The summed E-state index contributed by atoms with van der Waals surface area (Å²) in [6, 6.07) is 5.55. The minimum Gasteiger partial charge on any atom is -0.497 e. The van der Waals surface area contributed by atoms with Crippen LogP contribution in [0.2, 0.25) is 0 Å². The van der Waals surface area contributed by atoms with Crippen molar-refractivity contribution >= 4 is 16.9 Å². The lowest BCUT2D eigenvalue weighted by atomic mass is 10.1. The molecule has 22 heavy (non-hydrogen) atoms. The Kier molecular flexibility index (Phi) is 3.41. The van der Waals surface area contributed by atoms with Crippen LogP contribution in [-0.2, 0) is 0 Å². The zero-order valence-electron chi connectivity index (χ0n) is 13.1. The molecule has 5 nitrogen and oxygen atoms in total. The van der Waals surface area contributed by atoms with Crippen molar-refractivity contribution in [3.63, 3.8) is 0 Å². The first-order valence-electron chi connectivity index (χ1n) is 7.03. The van der Waals surface area contributed by atoms with Crippen LogP contribution in [0.5, 0.6) is 5.75 Å². The van der Waals surface area contributed by atoms with Gasteiger partial charge in [0.05, 0.1) is 7.11 Å². The summed E-state index contributed by atoms with van der Waals surface area (Å²) in [6.45, 7) is 5.74. The van der Waals surface area contributed by atoms with E-state index in [1.807, 2.05) is 39.0 Å². The molecule has 1 N–H and O–H groups in total. The number of methoxy groups -OCH3 is 1. The fourth-order valence-electron chi connectivity index (χ4n) is 2.59. The van der Waals surface area contributed by atoms with Gasteiger partial charge in [-0.25, -0.2) is 5.01 Å². The summed E-state index contributed by atoms with van der Waals surface area (Å²) in [6.07, 6.45) is 3.72. The summed E-state index contributed by atoms with van der Waals surface area (Å²) >= 11 is 0. The smallest absolute Gasteiger partial charge is 0.312 e. The van der Waals surface area contributed by atoms with E-state index in [4.69, 9.17) is 9.15 Å². The van der Waals surface area contributed by atoms with Gasteiger partial charge in [-0.05, 0) is 44.6 Å². The van der Waals surface area contributed by atoms with Gasteiger partial charge in [0.15, 0.2) is 5.76 Å². The van der Waals surface area contributed by atoms with Gasteiger partial charge >= 0.3 is 5.91 Å². The summed E-state index contributed by atoms with van der Waals surface area (Å²) in [5.41, 5.74) is 6.39. The van der Waals surface area contributed by atoms with E-state index in [0.717, 1.165) is 22.2 Å². The van der Waals surface area contributed by atoms with Crippen LogP contribution < -0.4 is 10.2 Å². The number of amides is 1. The average molecular weight is 298 g/mol. The molecule has 5 heteroatoms. The van der Waals surface area contributed by atoms with Gasteiger partial charge in [-0.15, -0.1) is 0 Å². The van der Waals surface area contributed by atoms with Crippen LogP contribution in [0.4, 0.5) is 0 Å². The number of nitrogens with zero attached hydrogens (tertiary/aromatic N) is 1. The van der Waals surface area contributed by atoms with Gasteiger partial charge in [0.2, 0.25) is 0 Å². The van der Waals surface area contributed by atoms with Crippen molar-refractivity contribution in [2.45, 2.75) is 20.8 Å². The summed E-state index contributed by atoms with van der Waals surface area (Å²) in [4.78, 5) is 12.7. The maximum atomic E-state index is 12.7. The predicted molar refractivity (Wildman–Crippen MR) is 84.3 cm³/mol. The van der Waals surface area contributed by atoms with Crippen molar-refractivity contribution in [2.75, 3.05) is 7.11 Å². The molecule has 1 aliphatic heterocycles. The first-order chi connectivity index (χ1) is 10.5. The highest BCUT2D eigenvalue weighted by molar-refractivity contribution is 5.99. The number of carbonyl (C=O) groups excluding carboxylic acids is 1. The van der Waals surface area contributed by atoms with Crippen molar-refractivity contribution in [2.24, 2.45) is 0 Å². The van der Waals surface area contributed by atoms with Gasteiger partial charge in [0.1, 0.15) is 11.3 Å². The van der Waals surface area contributed by atoms with Crippen molar-refractivity contribution in [3.8, 4) is 5.75 Å². The van der Waals surface area contributed by atoms with E-state index in [9.17, 15) is 4.79 Å². The number of carbonyl (C=O) groups is 1. The number of benzene rings is 1. The van der Waals surface area contributed by atoms with Crippen LogP contribution in [0.25, 0.3) is 11.0 Å². The molecule has 1 aromatic heterocycles. The molecule has 3 rings (SSSR count). The Bertz CT molecular complexity index is 815. The quantitative estimate of drug-likeness (QED) is 0.921. The van der Waals surface area contributed by atoms with Gasteiger partial charge in [0.25, 0.3) is 0 Å². The molecule has 1 aliphatic rings. The number of fused-ring (bicyclic) bond motifs is 1. The Morgan fingerprint density at radius 1 is 1.27 bits per heavy atom. The van der Waals surface area contributed by atoms with Crippen molar-refractivity contribution in [3.05, 3.63) is 53.1 Å². The molecule has 114 valence electrons. The second-order valence-corrected chi connectivity index (χ2v) is 5.41. The highest BCUT2D eigenvalue weighted by Gasteiger charge is 2.24. The molecule has 0 unspecified atom stereocenters. The zero-order chi connectivity index (χ0) is 15.9. The van der Waals surface area contributed by atoms with Gasteiger partial charge in [0, 0.05) is 28.9 Å². The highest BCUT2D eigenvalue weighted by atomic mass is 16.5. The molecular formula is C17H18N2O3. The van der Waals surface area contributed by atoms with Crippen LogP contribution >= 0.6 is 0 Å². The summed E-state index contributed by atoms with van der Waals surface area (Å²) < 4.78 is 11.0. The Hall–Kier alpha value is -2.69. The second-order valence-electron chi connectivity index (χ2n) is 5.41. The molecule has 0 atom stereocenters. The number of furan rings is 1. The molecular weight excluding hydrogens is 280 g/mol. The number of rotatable bonds is 2. The number of hydrazine groups is 1. The fourth-order valence-corrected chi connectivity index (χ4v) is 2.59. The largest absolute Gasteiger partial charge is 0.497 e. The van der Waals surface area contributed by atoms with E-state index in [2.05, 4.69) is 5.43 Å². The Balaban J connectivity index is 2.01. The van der Waals surface area contributed by atoms with Crippen LogP contribution in [0.15, 0.2) is 46.2 Å². The molecule has 0 fully saturated rings. The van der Waals surface area contributed by atoms with Gasteiger partial charge in [-0.2, -0.15) is 0 Å². The van der Waals surface area contributed by atoms with E-state index in [0.29, 0.717) is 17.1 Å². The van der Waals surface area contributed by atoms with E-state index in [-0.39, 0.29) is 5.91 Å². The number of allylic oxidation sites excluding steroid dienone is 3. The van der Waals surface area contributed by atoms with E-state index in [1.54, 1.807) is 19.4 Å². The Morgan fingerprint density at radius 3 is 2.73 bits per heavy atom. The number of hydrogen-bond acceptors (Lipinski definition) is 4. The lowest BCUT2D eigenvalue weighted by molar-refractivity contribution is 0.0740. The van der Waals surface area contributed by atoms with Gasteiger partial charge in [-0.1, -0.05) is 0 Å². The molecule has 2 aromatic rings. The third-order valence-corrected chi connectivity index (χ3v) is 3.63. The van der Waals surface area contributed by atoms with Crippen molar-refractivity contribution in [1.82, 2.24) is 10.4 Å². The Morgan fingerprint density at radius 2 is 2.05 bits per heavy atom. The van der Waals surface area contributed by atoms with E-state index < -0.39 is 0 Å². The third kappa shape index (κ3) is 2.35. The van der Waals surface area contributed by atoms with E-state index in [1.165, 1.54) is 5.01 Å². The second kappa shape index (κ2) is 5.26. The maximum absolute atomic E-state index is 12.7. The summed E-state index contributed by atoms with van der Waals surface area (Å²) in [5.74, 6) is 0.805. The summed E-state index contributed by atoms with van der Waals surface area (Å²) in [5, 5.41) is 2.36. The molecule has 0 saturated carbocycles. The standard InChI is InChI=1S/C17H18N2O3/c1-10-7-11(2)18-19(9-10)17(20)16-12(3)14-6-5-13(21-4)8-15(14)22-16/h5-9,18H,1-4H3. The number of nitrogens with one attached hydrogen (secondary N) is 1. The molecule has 0 aliphatic carbocycles. The van der Waals surface area contributed by atoms with Crippen LogP contribution in [0.1, 0.15) is 30.0 Å². The first-order valence-corrected chi connectivity index (χ1v) is 7.03. The maximum Gasteiger partial charge on any atom is 0.312 e. The molecule has 2 heterocycles. The van der Waals surface area contributed by atoms with Crippen molar-refractivity contribution in [1.29, 1.82) is 0 Å². The van der Waals surface area contributed by atoms with Crippen LogP contribution in [0, 0.1) is 6.92 Å². The molecule has 0 saturated heterocycles. The van der Waals surface area contributed by atoms with Crippen LogP contribution in [-0.4, -0.2) is 18.0 Å². The lowest BCUT2D eigenvalue weighted by Gasteiger charge is -2.24. The SMILES string of the molecule is COc1ccc2c(C)c(C(=O)N3C=C(C)C=C(C)N3)oc2c1. The first kappa shape index (κ1) is 14.3. The minimum atomic E-state index is -0.223. The number of hydrogen-bond donors (Lipinski definition) is 1. The molecule has 0 bridgehead atoms. The zero-order valence-corrected chi connectivity index (χ0v) is 13.1. The molecule has 0 spiro atoms. The molecule has 0 radical (unpaired) electrons. The van der Waals surface area contributed by atoms with Crippen LogP contribution in [0.3, 0.4) is 0 Å². The topological polar surface area (TPSA) is 54.7 Å². The van der Waals surface area contributed by atoms with Gasteiger partial charge in [-0.3, -0.25) is 10.2 Å². The number of ether oxygens (including phenoxy) is 1. The monoisotopic (exact) mass is 298 g/mol. The summed E-state index contributed by atoms with van der Waals surface area (Å²) in [7, 11) is 1.60. The van der Waals surface area contributed by atoms with Gasteiger partial charge < -0.3 is 9.15 Å². The highest BCUT2D eigenvalue weighted by Crippen LogP contribution is 2.29. The third-order valence-electron chi connectivity index (χ3n) is 3.63. The molecule has 1 aromatic carbocycles. The Labute approximate surface area is 128 Å². The normalized spacial score (nSPS) is 14.5. The van der Waals surface area contributed by atoms with Crippen molar-refractivity contribution < 1.29 is 13.9 Å². The number of aryl methyl sites for hydroxylation is 1. The fraction of sp³-hybridized carbons (Fsp3) is 0.235. The molecule has 1 amide bonds. The lowest BCUT2D eigenvalue weighted by Crippen LogP contribution is -2.39. The predicted octanol–water partition coefficient (Wildman–Crippen LogP) is 3.52. The average Bonchev–Trinajstić information content (AvgIpc) is 2.82.